The lowest BCUT2D eigenvalue weighted by Gasteiger charge is -2.17. The quantitative estimate of drug-likeness (QED) is 0.236. The van der Waals surface area contributed by atoms with E-state index in [2.05, 4.69) is 24.5 Å². The van der Waals surface area contributed by atoms with Gasteiger partial charge in [-0.2, -0.15) is 17.5 Å². The zero-order chi connectivity index (χ0) is 26.8. The van der Waals surface area contributed by atoms with Gasteiger partial charge in [0.05, 0.1) is 29.0 Å². The molecule has 0 saturated carbocycles. The van der Waals surface area contributed by atoms with E-state index in [0.717, 1.165) is 10.4 Å². The molecule has 2 aromatic heterocycles. The smallest absolute Gasteiger partial charge is 0.340 e. The molecule has 2 aromatic carbocycles. The molecule has 4 aromatic rings. The minimum atomic E-state index is -4.53. The van der Waals surface area contributed by atoms with Crippen LogP contribution in [0.25, 0.3) is 11.3 Å². The molecule has 7 nitrogen and oxygen atoms in total. The van der Waals surface area contributed by atoms with Crippen molar-refractivity contribution in [3.05, 3.63) is 90.3 Å². The van der Waals surface area contributed by atoms with E-state index in [1.807, 2.05) is 0 Å². The zero-order valence-corrected chi connectivity index (χ0v) is 21.4. The van der Waals surface area contributed by atoms with Crippen LogP contribution in [0.1, 0.15) is 11.1 Å². The van der Waals surface area contributed by atoms with Crippen molar-refractivity contribution < 1.29 is 26.0 Å². The minimum Gasteiger partial charge on any atom is -0.340 e. The molecule has 1 unspecified atom stereocenters. The van der Waals surface area contributed by atoms with Crippen LogP contribution in [0.5, 0.6) is 0 Å². The second kappa shape index (κ2) is 10.6. The molecule has 0 aliphatic rings. The lowest BCUT2D eigenvalue weighted by molar-refractivity contribution is -0.137. The minimum absolute atomic E-state index is 0.00188. The number of aromatic nitrogens is 3. The third-order valence-electron chi connectivity index (χ3n) is 5.53. The van der Waals surface area contributed by atoms with Crippen LogP contribution in [0, 0.1) is 5.82 Å². The van der Waals surface area contributed by atoms with Crippen LogP contribution in [0.15, 0.2) is 78.2 Å². The fraction of sp³-hybridized carbons (Fsp3) is 0.167. The molecular formula is C24H22F4N5O2PS. The first-order chi connectivity index (χ1) is 17.5. The van der Waals surface area contributed by atoms with Gasteiger partial charge in [-0.25, -0.2) is 22.8 Å². The third kappa shape index (κ3) is 5.98. The summed E-state index contributed by atoms with van der Waals surface area (Å²) >= 11 is 0. The summed E-state index contributed by atoms with van der Waals surface area (Å²) in [6.45, 7) is 0.191. The molecule has 0 radical (unpaired) electrons. The van der Waals surface area contributed by atoms with E-state index in [1.54, 1.807) is 29.0 Å². The molecule has 13 heteroatoms. The standard InChI is InChI=1S/C24H22F4N5O2PS/c1-32(15-36)37(34,35)18-7-8-21(31-23-9-6-17(11-29-23)24(26,27)28)19(10-18)22-13-33(14-30-22)12-16-4-2-3-5-20(16)25/h2-11,13-14H,12,15,36H2,1H3,(H,29,31). The first-order valence-corrected chi connectivity index (χ1v) is 13.1. The normalized spacial score (nSPS) is 12.2. The van der Waals surface area contributed by atoms with E-state index in [4.69, 9.17) is 0 Å². The van der Waals surface area contributed by atoms with Gasteiger partial charge < -0.3 is 9.88 Å². The number of halogens is 4. The molecule has 2 heterocycles. The van der Waals surface area contributed by atoms with Crippen LogP contribution < -0.4 is 5.32 Å². The Kier molecular flexibility index (Phi) is 7.63. The Bertz CT molecular complexity index is 1510. The van der Waals surface area contributed by atoms with Crippen molar-refractivity contribution in [1.29, 1.82) is 0 Å². The fourth-order valence-electron chi connectivity index (χ4n) is 3.47. The van der Waals surface area contributed by atoms with Crippen LogP contribution in [0.2, 0.25) is 0 Å². The second-order valence-corrected chi connectivity index (χ2v) is 10.5. The average Bonchev–Trinajstić information content (AvgIpc) is 3.33. The molecule has 0 spiro atoms. The predicted octanol–water partition coefficient (Wildman–Crippen LogP) is 5.35. The van der Waals surface area contributed by atoms with Crippen molar-refractivity contribution in [2.45, 2.75) is 17.6 Å². The number of alkyl halides is 3. The van der Waals surface area contributed by atoms with Crippen LogP contribution in [0.3, 0.4) is 0 Å². The number of anilines is 2. The molecule has 0 saturated heterocycles. The summed E-state index contributed by atoms with van der Waals surface area (Å²) in [5, 5.41) is 2.94. The number of hydrogen-bond donors (Lipinski definition) is 1. The Labute approximate surface area is 213 Å². The number of nitrogens with one attached hydrogen (secondary N) is 1. The van der Waals surface area contributed by atoms with E-state index >= 15 is 0 Å². The molecule has 37 heavy (non-hydrogen) atoms. The number of pyridine rings is 1. The van der Waals surface area contributed by atoms with Crippen molar-refractivity contribution in [2.75, 3.05) is 18.7 Å². The fourth-order valence-corrected chi connectivity index (χ4v) is 5.12. The van der Waals surface area contributed by atoms with Crippen LogP contribution in [-0.2, 0) is 22.7 Å². The summed E-state index contributed by atoms with van der Waals surface area (Å²) in [6, 6.07) is 12.7. The molecule has 0 bridgehead atoms. The van der Waals surface area contributed by atoms with E-state index in [-0.39, 0.29) is 29.4 Å². The summed E-state index contributed by atoms with van der Waals surface area (Å²) < 4.78 is 81.5. The first kappa shape index (κ1) is 26.7. The van der Waals surface area contributed by atoms with Gasteiger partial charge in [0.25, 0.3) is 0 Å². The van der Waals surface area contributed by atoms with E-state index < -0.39 is 21.8 Å². The summed E-state index contributed by atoms with van der Waals surface area (Å²) in [6.07, 6.45) is -0.537. The molecule has 0 amide bonds. The van der Waals surface area contributed by atoms with Gasteiger partial charge in [0.15, 0.2) is 0 Å². The number of benzene rings is 2. The number of hydrogen-bond acceptors (Lipinski definition) is 5. The van der Waals surface area contributed by atoms with E-state index in [0.29, 0.717) is 28.7 Å². The molecule has 0 aliphatic carbocycles. The Morgan fingerprint density at radius 1 is 1.08 bits per heavy atom. The summed E-state index contributed by atoms with van der Waals surface area (Å²) in [4.78, 5) is 8.20. The maximum absolute atomic E-state index is 14.1. The van der Waals surface area contributed by atoms with Crippen molar-refractivity contribution >= 4 is 30.8 Å². The second-order valence-electron chi connectivity index (χ2n) is 8.07. The Hall–Kier alpha value is -3.34. The van der Waals surface area contributed by atoms with Gasteiger partial charge in [-0.3, -0.25) is 0 Å². The Morgan fingerprint density at radius 2 is 1.84 bits per heavy atom. The lowest BCUT2D eigenvalue weighted by Crippen LogP contribution is -2.25. The number of sulfonamides is 1. The number of nitrogens with zero attached hydrogens (tertiary/aromatic N) is 4. The van der Waals surface area contributed by atoms with Crippen LogP contribution in [0.4, 0.5) is 29.1 Å². The largest absolute Gasteiger partial charge is 0.417 e. The van der Waals surface area contributed by atoms with Crippen molar-refractivity contribution in [1.82, 2.24) is 18.8 Å². The van der Waals surface area contributed by atoms with Crippen molar-refractivity contribution in [3.63, 3.8) is 0 Å². The maximum Gasteiger partial charge on any atom is 0.417 e. The predicted molar refractivity (Wildman–Crippen MR) is 135 cm³/mol. The molecule has 4 rings (SSSR count). The highest BCUT2D eigenvalue weighted by Gasteiger charge is 2.30. The van der Waals surface area contributed by atoms with E-state index in [9.17, 15) is 26.0 Å². The highest BCUT2D eigenvalue weighted by atomic mass is 32.2. The third-order valence-corrected chi connectivity index (χ3v) is 8.16. The molecule has 194 valence electrons. The molecule has 0 aliphatic heterocycles. The highest BCUT2D eigenvalue weighted by molar-refractivity contribution is 7.89. The lowest BCUT2D eigenvalue weighted by atomic mass is 10.1. The first-order valence-electron chi connectivity index (χ1n) is 10.9. The van der Waals surface area contributed by atoms with Gasteiger partial charge in [-0.1, -0.05) is 18.2 Å². The average molecular weight is 552 g/mol. The Morgan fingerprint density at radius 3 is 2.49 bits per heavy atom. The van der Waals surface area contributed by atoms with Gasteiger partial charge in [-0.05, 0) is 36.4 Å². The van der Waals surface area contributed by atoms with Crippen LogP contribution >= 0.6 is 9.24 Å². The summed E-state index contributed by atoms with van der Waals surface area (Å²) in [5.74, 6) is -0.250. The van der Waals surface area contributed by atoms with Gasteiger partial charge in [0.2, 0.25) is 10.0 Å². The van der Waals surface area contributed by atoms with Crippen molar-refractivity contribution in [2.24, 2.45) is 0 Å². The number of imidazole rings is 1. The summed E-state index contributed by atoms with van der Waals surface area (Å²) in [7, 11) is -0.0471. The van der Waals surface area contributed by atoms with Gasteiger partial charge in [0, 0.05) is 42.5 Å². The van der Waals surface area contributed by atoms with Crippen LogP contribution in [-0.4, -0.2) is 40.6 Å². The zero-order valence-electron chi connectivity index (χ0n) is 19.4. The topological polar surface area (TPSA) is 80.1 Å². The SMILES string of the molecule is CN(CP)S(=O)(=O)c1ccc(Nc2ccc(C(F)(F)F)cn2)c(-c2cn(Cc3ccccc3F)cn2)c1. The van der Waals surface area contributed by atoms with Gasteiger partial charge >= 0.3 is 6.18 Å². The molecular weight excluding hydrogens is 529 g/mol. The highest BCUT2D eigenvalue weighted by Crippen LogP contribution is 2.34. The summed E-state index contributed by atoms with van der Waals surface area (Å²) in [5.41, 5.74) is 0.656. The van der Waals surface area contributed by atoms with Gasteiger partial charge in [-0.15, -0.1) is 9.24 Å². The van der Waals surface area contributed by atoms with Gasteiger partial charge in [0.1, 0.15) is 11.6 Å². The van der Waals surface area contributed by atoms with E-state index in [1.165, 1.54) is 43.7 Å². The molecule has 1 N–H and O–H groups in total. The monoisotopic (exact) mass is 551 g/mol. The maximum atomic E-state index is 14.1. The number of rotatable bonds is 8. The van der Waals surface area contributed by atoms with Crippen molar-refractivity contribution in [3.8, 4) is 11.3 Å². The molecule has 1 atom stereocenters. The molecule has 0 fully saturated rings. The Balaban J connectivity index is 1.73.